The maximum absolute atomic E-state index is 12.3. The van der Waals surface area contributed by atoms with Crippen molar-refractivity contribution in [3.05, 3.63) is 41.1 Å². The lowest BCUT2D eigenvalue weighted by Crippen LogP contribution is -2.42. The molecule has 0 bridgehead atoms. The quantitative estimate of drug-likeness (QED) is 0.670. The fourth-order valence-corrected chi connectivity index (χ4v) is 4.56. The van der Waals surface area contributed by atoms with Crippen molar-refractivity contribution in [1.82, 2.24) is 15.3 Å². The van der Waals surface area contributed by atoms with Crippen LogP contribution in [0, 0.1) is 6.92 Å². The van der Waals surface area contributed by atoms with Crippen LogP contribution in [0.1, 0.15) is 55.3 Å². The Hall–Kier alpha value is -2.83. The monoisotopic (exact) mass is 422 g/mol. The number of benzene rings is 1. The van der Waals surface area contributed by atoms with Crippen LogP contribution < -0.4 is 20.9 Å². The van der Waals surface area contributed by atoms with Crippen LogP contribution in [0.3, 0.4) is 0 Å². The van der Waals surface area contributed by atoms with Gasteiger partial charge in [-0.25, -0.2) is 9.78 Å². The molecule has 2 aromatic rings. The normalized spacial score (nSPS) is 20.5. The summed E-state index contributed by atoms with van der Waals surface area (Å²) in [6.07, 6.45) is 8.43. The predicted octanol–water partition coefficient (Wildman–Crippen LogP) is 4.27. The van der Waals surface area contributed by atoms with Crippen molar-refractivity contribution in [2.75, 3.05) is 29.6 Å². The van der Waals surface area contributed by atoms with E-state index in [1.165, 1.54) is 29.7 Å². The minimum absolute atomic E-state index is 0.131. The third kappa shape index (κ3) is 5.46. The molecular formula is C24H34N6O. The number of hydrogen-bond donors (Lipinski definition) is 3. The first-order valence-corrected chi connectivity index (χ1v) is 11.5. The Morgan fingerprint density at radius 2 is 1.65 bits per heavy atom. The van der Waals surface area contributed by atoms with E-state index in [1.807, 2.05) is 31.2 Å². The van der Waals surface area contributed by atoms with Gasteiger partial charge in [-0.1, -0.05) is 17.7 Å². The Bertz CT molecular complexity index is 903. The van der Waals surface area contributed by atoms with Gasteiger partial charge in [-0.15, -0.1) is 0 Å². The van der Waals surface area contributed by atoms with E-state index >= 15 is 0 Å². The number of rotatable bonds is 5. The summed E-state index contributed by atoms with van der Waals surface area (Å²) in [6, 6.07) is 8.26. The smallest absolute Gasteiger partial charge is 0.319 e. The summed E-state index contributed by atoms with van der Waals surface area (Å²) in [7, 11) is 4.11. The molecule has 1 aromatic carbocycles. The minimum Gasteiger partial charge on any atom is -0.362 e. The summed E-state index contributed by atoms with van der Waals surface area (Å²) >= 11 is 0. The molecule has 0 spiro atoms. The number of carbonyl (C=O) groups excluding carboxylic acids is 1. The van der Waals surface area contributed by atoms with Crippen molar-refractivity contribution < 1.29 is 4.79 Å². The highest BCUT2D eigenvalue weighted by Gasteiger charge is 2.24. The molecule has 31 heavy (non-hydrogen) atoms. The maximum atomic E-state index is 12.3. The summed E-state index contributed by atoms with van der Waals surface area (Å²) < 4.78 is 0. The topological polar surface area (TPSA) is 82.2 Å². The molecule has 3 N–H and O–H groups in total. The highest BCUT2D eigenvalue weighted by Crippen LogP contribution is 2.29. The maximum Gasteiger partial charge on any atom is 0.319 e. The fourth-order valence-electron chi connectivity index (χ4n) is 4.56. The third-order valence-electron chi connectivity index (χ3n) is 6.29. The zero-order chi connectivity index (χ0) is 21.8. The first kappa shape index (κ1) is 21.4. The standard InChI is InChI=1S/C24H34N6O/c1-16-8-10-18(11-9-16)26-24(31)27-19-14-12-17(13-15-19)25-23-28-21-7-5-4-6-20(21)22(29-23)30(2)3/h8-11,17,19H,4-7,12-15H2,1-3H3,(H,25,28,29)(H2,26,27,31). The summed E-state index contributed by atoms with van der Waals surface area (Å²) in [5.41, 5.74) is 4.52. The van der Waals surface area contributed by atoms with Gasteiger partial charge in [0.05, 0.1) is 5.69 Å². The molecule has 0 atom stereocenters. The fraction of sp³-hybridized carbons (Fsp3) is 0.542. The molecule has 4 rings (SSSR count). The Kier molecular flexibility index (Phi) is 6.59. The molecule has 7 nitrogen and oxygen atoms in total. The van der Waals surface area contributed by atoms with Gasteiger partial charge >= 0.3 is 6.03 Å². The second-order valence-corrected chi connectivity index (χ2v) is 9.05. The number of nitrogens with zero attached hydrogens (tertiary/aromatic N) is 3. The first-order valence-electron chi connectivity index (χ1n) is 11.5. The van der Waals surface area contributed by atoms with Gasteiger partial charge in [0.15, 0.2) is 0 Å². The number of urea groups is 1. The molecule has 0 aliphatic heterocycles. The lowest BCUT2D eigenvalue weighted by Gasteiger charge is -2.30. The number of anilines is 3. The number of hydrogen-bond acceptors (Lipinski definition) is 5. The van der Waals surface area contributed by atoms with Crippen LogP contribution in [0.25, 0.3) is 0 Å². The van der Waals surface area contributed by atoms with Gasteiger partial charge in [0.1, 0.15) is 5.82 Å². The molecule has 7 heteroatoms. The zero-order valence-electron chi connectivity index (χ0n) is 18.9. The van der Waals surface area contributed by atoms with E-state index in [1.54, 1.807) is 0 Å². The highest BCUT2D eigenvalue weighted by molar-refractivity contribution is 5.89. The zero-order valence-corrected chi connectivity index (χ0v) is 18.9. The number of aromatic nitrogens is 2. The van der Waals surface area contributed by atoms with Gasteiger partial charge in [0.2, 0.25) is 5.95 Å². The van der Waals surface area contributed by atoms with Crippen molar-refractivity contribution in [1.29, 1.82) is 0 Å². The van der Waals surface area contributed by atoms with Crippen LogP contribution in [-0.2, 0) is 12.8 Å². The van der Waals surface area contributed by atoms with Crippen molar-refractivity contribution >= 4 is 23.5 Å². The van der Waals surface area contributed by atoms with E-state index in [0.717, 1.165) is 56.0 Å². The van der Waals surface area contributed by atoms with E-state index < -0.39 is 0 Å². The van der Waals surface area contributed by atoms with Gasteiger partial charge in [0, 0.05) is 37.4 Å². The number of nitrogens with one attached hydrogen (secondary N) is 3. The SMILES string of the molecule is Cc1ccc(NC(=O)NC2CCC(Nc3nc4c(c(N(C)C)n3)CCCC4)CC2)cc1. The summed E-state index contributed by atoms with van der Waals surface area (Å²) in [5.74, 6) is 1.80. The Morgan fingerprint density at radius 3 is 2.35 bits per heavy atom. The molecule has 0 unspecified atom stereocenters. The van der Waals surface area contributed by atoms with Gasteiger partial charge in [-0.3, -0.25) is 0 Å². The second-order valence-electron chi connectivity index (χ2n) is 9.05. The molecule has 1 fully saturated rings. The third-order valence-corrected chi connectivity index (χ3v) is 6.29. The summed E-state index contributed by atoms with van der Waals surface area (Å²) in [6.45, 7) is 2.03. The lowest BCUT2D eigenvalue weighted by molar-refractivity contribution is 0.243. The molecule has 0 radical (unpaired) electrons. The average molecular weight is 423 g/mol. The Labute approximate surface area is 185 Å². The molecule has 0 saturated heterocycles. The molecule has 1 aromatic heterocycles. The number of carbonyl (C=O) groups is 1. The van der Waals surface area contributed by atoms with Crippen LogP contribution in [0.5, 0.6) is 0 Å². The predicted molar refractivity (Wildman–Crippen MR) is 126 cm³/mol. The number of fused-ring (bicyclic) bond motifs is 1. The number of aryl methyl sites for hydroxylation is 2. The van der Waals surface area contributed by atoms with Gasteiger partial charge in [0.25, 0.3) is 0 Å². The van der Waals surface area contributed by atoms with E-state index in [2.05, 4.69) is 34.9 Å². The largest absolute Gasteiger partial charge is 0.362 e. The number of amides is 2. The van der Waals surface area contributed by atoms with E-state index in [9.17, 15) is 4.79 Å². The van der Waals surface area contributed by atoms with Crippen molar-refractivity contribution in [3.8, 4) is 0 Å². The molecule has 1 heterocycles. The Morgan fingerprint density at radius 1 is 0.968 bits per heavy atom. The van der Waals surface area contributed by atoms with E-state index in [4.69, 9.17) is 9.97 Å². The second kappa shape index (κ2) is 9.54. The van der Waals surface area contributed by atoms with Crippen LogP contribution >= 0.6 is 0 Å². The van der Waals surface area contributed by atoms with Crippen molar-refractivity contribution in [3.63, 3.8) is 0 Å². The van der Waals surface area contributed by atoms with Gasteiger partial charge < -0.3 is 20.9 Å². The van der Waals surface area contributed by atoms with Gasteiger partial charge in [-0.2, -0.15) is 4.98 Å². The van der Waals surface area contributed by atoms with Crippen LogP contribution in [-0.4, -0.2) is 42.2 Å². The average Bonchev–Trinajstić information content (AvgIpc) is 2.76. The Balaban J connectivity index is 1.29. The van der Waals surface area contributed by atoms with E-state index in [0.29, 0.717) is 6.04 Å². The first-order chi connectivity index (χ1) is 15.0. The van der Waals surface area contributed by atoms with E-state index in [-0.39, 0.29) is 12.1 Å². The lowest BCUT2D eigenvalue weighted by atomic mass is 9.91. The highest BCUT2D eigenvalue weighted by atomic mass is 16.2. The summed E-state index contributed by atoms with van der Waals surface area (Å²) in [4.78, 5) is 24.1. The minimum atomic E-state index is -0.131. The molecule has 166 valence electrons. The van der Waals surface area contributed by atoms with Crippen LogP contribution in [0.2, 0.25) is 0 Å². The summed E-state index contributed by atoms with van der Waals surface area (Å²) in [5, 5.41) is 9.61. The van der Waals surface area contributed by atoms with Crippen LogP contribution in [0.15, 0.2) is 24.3 Å². The molecule has 2 aliphatic rings. The van der Waals surface area contributed by atoms with Crippen molar-refractivity contribution in [2.24, 2.45) is 0 Å². The van der Waals surface area contributed by atoms with Crippen LogP contribution in [0.4, 0.5) is 22.2 Å². The molecular weight excluding hydrogens is 388 g/mol. The van der Waals surface area contributed by atoms with Crippen molar-refractivity contribution in [2.45, 2.75) is 70.4 Å². The molecule has 2 amide bonds. The molecule has 2 aliphatic carbocycles. The van der Waals surface area contributed by atoms with Gasteiger partial charge in [-0.05, 0) is 70.4 Å². The molecule has 1 saturated carbocycles.